The highest BCUT2D eigenvalue weighted by Gasteiger charge is 2.55. The molecule has 1 atom stereocenters. The molecule has 1 saturated heterocycles. The van der Waals surface area contributed by atoms with Crippen LogP contribution in [0.15, 0.2) is 48.5 Å². The van der Waals surface area contributed by atoms with Gasteiger partial charge in [-0.1, -0.05) is 57.2 Å². The highest BCUT2D eigenvalue weighted by Crippen LogP contribution is 2.55. The van der Waals surface area contributed by atoms with Crippen LogP contribution in [-0.2, 0) is 22.6 Å². The molecule has 0 unspecified atom stereocenters. The molecule has 226 valence electrons. The highest BCUT2D eigenvalue weighted by atomic mass is 16.6. The predicted octanol–water partition coefficient (Wildman–Crippen LogP) is 6.76. The molecule has 1 aliphatic carbocycles. The van der Waals surface area contributed by atoms with E-state index in [0.29, 0.717) is 12.5 Å². The Kier molecular flexibility index (Phi) is 7.66. The standard InChI is InChI=1S/C33H45N5O4/c1-22(31(2,3)4)37(30(40)41-19-23-11-9-8-10-12-23)18-24-13-14-27-26(15-24)35-28(34)38(27)25-16-33(17-25)20-36(21-33)29(39)42-32(5,6)7/h8-15,22,25H,16-21H2,1-7H3,(H2,34,35)/t22-/m0/s1. The molecule has 9 heteroatoms. The van der Waals surface area contributed by atoms with Crippen molar-refractivity contribution < 1.29 is 19.1 Å². The summed E-state index contributed by atoms with van der Waals surface area (Å²) >= 11 is 0. The Morgan fingerprint density at radius 1 is 1.05 bits per heavy atom. The number of aromatic nitrogens is 2. The van der Waals surface area contributed by atoms with E-state index in [9.17, 15) is 9.59 Å². The molecule has 1 saturated carbocycles. The van der Waals surface area contributed by atoms with Gasteiger partial charge in [0, 0.05) is 37.1 Å². The van der Waals surface area contributed by atoms with Gasteiger partial charge in [0.1, 0.15) is 12.2 Å². The zero-order valence-corrected chi connectivity index (χ0v) is 26.0. The van der Waals surface area contributed by atoms with E-state index in [0.717, 1.165) is 48.1 Å². The van der Waals surface area contributed by atoms with Crippen LogP contribution in [0, 0.1) is 10.8 Å². The third kappa shape index (κ3) is 6.20. The summed E-state index contributed by atoms with van der Waals surface area (Å²) in [5.74, 6) is 0.493. The zero-order valence-electron chi connectivity index (χ0n) is 26.0. The number of amides is 2. The van der Waals surface area contributed by atoms with Gasteiger partial charge in [-0.05, 0) is 69.2 Å². The number of nitrogen functional groups attached to an aromatic ring is 1. The smallest absolute Gasteiger partial charge is 0.410 e. The number of anilines is 1. The first-order chi connectivity index (χ1) is 19.6. The van der Waals surface area contributed by atoms with E-state index in [2.05, 4.69) is 44.4 Å². The first-order valence-corrected chi connectivity index (χ1v) is 14.9. The number of likely N-dealkylation sites (tertiary alicyclic amines) is 1. The average molecular weight is 576 g/mol. The minimum Gasteiger partial charge on any atom is -0.445 e. The van der Waals surface area contributed by atoms with E-state index in [-0.39, 0.29) is 41.7 Å². The van der Waals surface area contributed by atoms with Gasteiger partial charge in [-0.25, -0.2) is 14.6 Å². The number of benzene rings is 2. The molecule has 0 radical (unpaired) electrons. The number of nitrogens with zero attached hydrogens (tertiary/aromatic N) is 4. The van der Waals surface area contributed by atoms with Crippen molar-refractivity contribution in [3.8, 4) is 0 Å². The van der Waals surface area contributed by atoms with Crippen LogP contribution in [0.3, 0.4) is 0 Å². The Morgan fingerprint density at radius 2 is 1.71 bits per heavy atom. The average Bonchev–Trinajstić information content (AvgIpc) is 3.17. The highest BCUT2D eigenvalue weighted by molar-refractivity contribution is 5.79. The second kappa shape index (κ2) is 10.8. The van der Waals surface area contributed by atoms with Gasteiger partial charge >= 0.3 is 12.2 Å². The van der Waals surface area contributed by atoms with Gasteiger partial charge in [-0.2, -0.15) is 0 Å². The van der Waals surface area contributed by atoms with Gasteiger partial charge in [0.25, 0.3) is 0 Å². The minimum absolute atomic E-state index is 0.0621. The van der Waals surface area contributed by atoms with Crippen LogP contribution < -0.4 is 5.73 Å². The zero-order chi connectivity index (χ0) is 30.4. The molecule has 2 aliphatic rings. The summed E-state index contributed by atoms with van der Waals surface area (Å²) in [6.45, 7) is 16.2. The summed E-state index contributed by atoms with van der Waals surface area (Å²) in [7, 11) is 0. The fourth-order valence-corrected chi connectivity index (χ4v) is 6.07. The first-order valence-electron chi connectivity index (χ1n) is 14.9. The summed E-state index contributed by atoms with van der Waals surface area (Å²) in [4.78, 5) is 34.0. The van der Waals surface area contributed by atoms with Crippen LogP contribution in [0.25, 0.3) is 11.0 Å². The number of rotatable bonds is 6. The molecule has 1 aliphatic heterocycles. The lowest BCUT2D eigenvalue weighted by Crippen LogP contribution is -2.64. The molecule has 42 heavy (non-hydrogen) atoms. The van der Waals surface area contributed by atoms with E-state index in [4.69, 9.17) is 20.2 Å². The third-order valence-electron chi connectivity index (χ3n) is 8.70. The summed E-state index contributed by atoms with van der Waals surface area (Å²) in [6, 6.07) is 16.0. The third-order valence-corrected chi connectivity index (χ3v) is 8.70. The molecule has 3 aromatic rings. The van der Waals surface area contributed by atoms with Crippen molar-refractivity contribution in [3.63, 3.8) is 0 Å². The van der Waals surface area contributed by atoms with Gasteiger partial charge in [0.15, 0.2) is 0 Å². The number of fused-ring (bicyclic) bond motifs is 1. The van der Waals surface area contributed by atoms with Crippen molar-refractivity contribution in [2.45, 2.75) is 92.1 Å². The molecule has 1 spiro atoms. The van der Waals surface area contributed by atoms with Crippen molar-refractivity contribution in [2.75, 3.05) is 18.8 Å². The Bertz CT molecular complexity index is 1440. The molecule has 2 N–H and O–H groups in total. The normalized spacial score (nSPS) is 17.5. The minimum atomic E-state index is -0.491. The van der Waals surface area contributed by atoms with Gasteiger partial charge in [-0.15, -0.1) is 0 Å². The maximum atomic E-state index is 13.3. The number of ether oxygens (including phenoxy) is 2. The van der Waals surface area contributed by atoms with Gasteiger partial charge in [-0.3, -0.25) is 0 Å². The van der Waals surface area contributed by atoms with Gasteiger partial charge < -0.3 is 29.6 Å². The van der Waals surface area contributed by atoms with E-state index in [1.54, 1.807) is 9.80 Å². The molecule has 2 fully saturated rings. The first kappa shape index (κ1) is 29.7. The van der Waals surface area contributed by atoms with Crippen LogP contribution >= 0.6 is 0 Å². The Morgan fingerprint density at radius 3 is 2.33 bits per heavy atom. The Labute approximate surface area is 249 Å². The van der Waals surface area contributed by atoms with Crippen molar-refractivity contribution in [3.05, 3.63) is 59.7 Å². The number of carbonyl (C=O) groups excluding carboxylic acids is 2. The SMILES string of the molecule is C[C@H](N(Cc1ccc2c(c1)nc(N)n2C1CC2(C1)CN(C(=O)OC(C)(C)C)C2)C(=O)OCc1ccccc1)C(C)(C)C. The molecule has 2 heterocycles. The molecule has 1 aromatic heterocycles. The molecule has 2 aromatic carbocycles. The van der Waals surface area contributed by atoms with Gasteiger partial charge in [0.2, 0.25) is 5.95 Å². The van der Waals surface area contributed by atoms with Crippen molar-refractivity contribution in [1.82, 2.24) is 19.4 Å². The van der Waals surface area contributed by atoms with E-state index in [1.165, 1.54) is 0 Å². The molecule has 0 bridgehead atoms. The summed E-state index contributed by atoms with van der Waals surface area (Å²) < 4.78 is 13.4. The lowest BCUT2D eigenvalue weighted by Gasteiger charge is -2.58. The van der Waals surface area contributed by atoms with Crippen LogP contribution in [0.4, 0.5) is 15.5 Å². The largest absolute Gasteiger partial charge is 0.445 e. The number of nitrogens with two attached hydrogens (primary N) is 1. The topological polar surface area (TPSA) is 103 Å². The summed E-state index contributed by atoms with van der Waals surface area (Å²) in [5, 5.41) is 0. The van der Waals surface area contributed by atoms with Crippen LogP contribution in [0.2, 0.25) is 0 Å². The second-order valence-corrected chi connectivity index (χ2v) is 14.3. The molecular weight excluding hydrogens is 530 g/mol. The number of hydrogen-bond donors (Lipinski definition) is 1. The number of imidazole rings is 1. The fourth-order valence-electron chi connectivity index (χ4n) is 6.07. The molecule has 2 amide bonds. The maximum absolute atomic E-state index is 13.3. The quantitative estimate of drug-likeness (QED) is 0.348. The van der Waals surface area contributed by atoms with Gasteiger partial charge in [0.05, 0.1) is 11.0 Å². The van der Waals surface area contributed by atoms with Crippen molar-refractivity contribution in [2.24, 2.45) is 10.8 Å². The number of carbonyl (C=O) groups is 2. The Balaban J connectivity index is 1.26. The monoisotopic (exact) mass is 575 g/mol. The summed E-state index contributed by atoms with van der Waals surface area (Å²) in [5.41, 5.74) is 9.67. The second-order valence-electron chi connectivity index (χ2n) is 14.3. The number of hydrogen-bond acceptors (Lipinski definition) is 6. The van der Waals surface area contributed by atoms with Crippen molar-refractivity contribution >= 4 is 29.2 Å². The lowest BCUT2D eigenvalue weighted by molar-refractivity contribution is -0.0896. The molecular formula is C33H45N5O4. The van der Waals surface area contributed by atoms with E-state index in [1.807, 2.05) is 57.2 Å². The van der Waals surface area contributed by atoms with E-state index < -0.39 is 5.60 Å². The summed E-state index contributed by atoms with van der Waals surface area (Å²) in [6.07, 6.45) is 1.32. The van der Waals surface area contributed by atoms with Crippen LogP contribution in [0.5, 0.6) is 0 Å². The van der Waals surface area contributed by atoms with Crippen molar-refractivity contribution in [1.29, 1.82) is 0 Å². The lowest BCUT2D eigenvalue weighted by atomic mass is 9.60. The molecule has 5 rings (SSSR count). The fraction of sp³-hybridized carbons (Fsp3) is 0.545. The van der Waals surface area contributed by atoms with Crippen LogP contribution in [-0.4, -0.2) is 56.3 Å². The van der Waals surface area contributed by atoms with Crippen LogP contribution in [0.1, 0.15) is 78.5 Å². The maximum Gasteiger partial charge on any atom is 0.410 e. The molecule has 9 nitrogen and oxygen atoms in total. The van der Waals surface area contributed by atoms with E-state index >= 15 is 0 Å². The predicted molar refractivity (Wildman–Crippen MR) is 164 cm³/mol. The Hall–Kier alpha value is -3.75.